The number of hydrogen-bond acceptors (Lipinski definition) is 1. The number of hydrogen-bond donors (Lipinski definition) is 0. The monoisotopic (exact) mass is 192 g/mol. The van der Waals surface area contributed by atoms with Crippen LogP contribution in [0.25, 0.3) is 0 Å². The number of rotatable bonds is 5. The zero-order valence-electron chi connectivity index (χ0n) is 8.12. The molecule has 0 spiro atoms. The van der Waals surface area contributed by atoms with E-state index >= 15 is 0 Å². The van der Waals surface area contributed by atoms with Gasteiger partial charge in [-0.3, -0.25) is 0 Å². The molecule has 0 N–H and O–H groups in total. The molecule has 0 heterocycles. The average Bonchev–Trinajstić information content (AvgIpc) is 2.15. The van der Waals surface area contributed by atoms with Crippen molar-refractivity contribution in [2.75, 3.05) is 6.61 Å². The molecule has 0 amide bonds. The standard InChI is InChI=1S/C11H16OSi/c1-2-3-8-12-9-10-6-4-5-7-11(10)13/h2,4-7H,1,3,8-9H2,13H3. The molecule has 0 aliphatic carbocycles. The Morgan fingerprint density at radius 3 is 2.85 bits per heavy atom. The predicted octanol–water partition coefficient (Wildman–Crippen LogP) is 0.770. The van der Waals surface area contributed by atoms with Crippen LogP contribution in [-0.4, -0.2) is 16.8 Å². The topological polar surface area (TPSA) is 9.23 Å². The van der Waals surface area contributed by atoms with Gasteiger partial charge in [0.2, 0.25) is 0 Å². The molecule has 0 aromatic heterocycles. The van der Waals surface area contributed by atoms with E-state index in [2.05, 4.69) is 30.8 Å². The highest BCUT2D eigenvalue weighted by molar-refractivity contribution is 6.33. The Morgan fingerprint density at radius 1 is 1.38 bits per heavy atom. The molecule has 0 aliphatic rings. The van der Waals surface area contributed by atoms with Crippen LogP contribution in [0.4, 0.5) is 0 Å². The second-order valence-corrected chi connectivity index (χ2v) is 4.13. The van der Waals surface area contributed by atoms with Crippen LogP contribution >= 0.6 is 0 Å². The molecule has 0 bridgehead atoms. The minimum absolute atomic E-state index is 0.744. The van der Waals surface area contributed by atoms with Crippen molar-refractivity contribution in [2.24, 2.45) is 0 Å². The predicted molar refractivity (Wildman–Crippen MR) is 60.5 cm³/mol. The molecule has 0 atom stereocenters. The van der Waals surface area contributed by atoms with Crippen molar-refractivity contribution in [1.82, 2.24) is 0 Å². The molecule has 1 aromatic rings. The quantitative estimate of drug-likeness (QED) is 0.380. The Morgan fingerprint density at radius 2 is 2.15 bits per heavy atom. The summed E-state index contributed by atoms with van der Waals surface area (Å²) in [5.74, 6) is 0. The highest BCUT2D eigenvalue weighted by Gasteiger charge is 1.95. The van der Waals surface area contributed by atoms with Gasteiger partial charge in [-0.2, -0.15) is 0 Å². The SMILES string of the molecule is C=CCCOCc1ccccc1[SiH3]. The Kier molecular flexibility index (Phi) is 4.50. The van der Waals surface area contributed by atoms with Crippen LogP contribution in [0.15, 0.2) is 36.9 Å². The summed E-state index contributed by atoms with van der Waals surface area (Å²) in [4.78, 5) is 0. The van der Waals surface area contributed by atoms with Gasteiger partial charge < -0.3 is 4.74 Å². The van der Waals surface area contributed by atoms with E-state index < -0.39 is 0 Å². The van der Waals surface area contributed by atoms with Crippen LogP contribution in [0.5, 0.6) is 0 Å². The molecule has 1 rings (SSSR count). The third kappa shape index (κ3) is 3.57. The maximum atomic E-state index is 5.49. The van der Waals surface area contributed by atoms with Gasteiger partial charge in [0.25, 0.3) is 0 Å². The highest BCUT2D eigenvalue weighted by Crippen LogP contribution is 1.97. The summed E-state index contributed by atoms with van der Waals surface area (Å²) in [6.07, 6.45) is 2.82. The smallest absolute Gasteiger partial charge is 0.0715 e. The summed E-state index contributed by atoms with van der Waals surface area (Å²) in [6.45, 7) is 5.17. The molecule has 0 saturated carbocycles. The van der Waals surface area contributed by atoms with Gasteiger partial charge in [-0.15, -0.1) is 6.58 Å². The zero-order valence-corrected chi connectivity index (χ0v) is 10.1. The van der Waals surface area contributed by atoms with E-state index in [9.17, 15) is 0 Å². The third-order valence-corrected chi connectivity index (χ3v) is 2.96. The fourth-order valence-electron chi connectivity index (χ4n) is 1.12. The molecule has 1 aromatic carbocycles. The van der Waals surface area contributed by atoms with E-state index in [0.717, 1.165) is 29.9 Å². The fraction of sp³-hybridized carbons (Fsp3) is 0.273. The van der Waals surface area contributed by atoms with Gasteiger partial charge in [-0.1, -0.05) is 35.5 Å². The molecule has 0 fully saturated rings. The molecule has 2 heteroatoms. The van der Waals surface area contributed by atoms with Crippen molar-refractivity contribution in [2.45, 2.75) is 13.0 Å². The summed E-state index contributed by atoms with van der Waals surface area (Å²) >= 11 is 0. The second-order valence-electron chi connectivity index (χ2n) is 3.06. The molecule has 0 unspecified atom stereocenters. The van der Waals surface area contributed by atoms with Crippen molar-refractivity contribution in [1.29, 1.82) is 0 Å². The Bertz CT molecular complexity index is 271. The largest absolute Gasteiger partial charge is 0.376 e. The summed E-state index contributed by atoms with van der Waals surface area (Å²) < 4.78 is 5.49. The van der Waals surface area contributed by atoms with Crippen LogP contribution in [0, 0.1) is 0 Å². The lowest BCUT2D eigenvalue weighted by Gasteiger charge is -2.05. The lowest BCUT2D eigenvalue weighted by molar-refractivity contribution is 0.126. The van der Waals surface area contributed by atoms with Gasteiger partial charge in [-0.25, -0.2) is 0 Å². The van der Waals surface area contributed by atoms with E-state index in [1.54, 1.807) is 0 Å². The van der Waals surface area contributed by atoms with Crippen molar-refractivity contribution in [3.8, 4) is 0 Å². The van der Waals surface area contributed by atoms with E-state index in [-0.39, 0.29) is 0 Å². The summed E-state index contributed by atoms with van der Waals surface area (Å²) in [6, 6.07) is 8.44. The Balaban J connectivity index is 2.36. The van der Waals surface area contributed by atoms with Gasteiger partial charge in [0, 0.05) is 10.2 Å². The molecule has 0 radical (unpaired) electrons. The van der Waals surface area contributed by atoms with Crippen molar-refractivity contribution >= 4 is 15.4 Å². The summed E-state index contributed by atoms with van der Waals surface area (Å²) in [5.41, 5.74) is 1.33. The number of benzene rings is 1. The van der Waals surface area contributed by atoms with Crippen LogP contribution in [0.3, 0.4) is 0 Å². The lowest BCUT2D eigenvalue weighted by Crippen LogP contribution is -2.10. The second kappa shape index (κ2) is 5.73. The van der Waals surface area contributed by atoms with Crippen LogP contribution < -0.4 is 5.19 Å². The van der Waals surface area contributed by atoms with Crippen LogP contribution in [0.1, 0.15) is 12.0 Å². The van der Waals surface area contributed by atoms with Gasteiger partial charge >= 0.3 is 0 Å². The van der Waals surface area contributed by atoms with E-state index in [1.807, 2.05) is 6.08 Å². The minimum Gasteiger partial charge on any atom is -0.376 e. The fourth-order valence-corrected chi connectivity index (χ4v) is 1.62. The lowest BCUT2D eigenvalue weighted by atomic mass is 10.2. The maximum absolute atomic E-state index is 5.49. The molecule has 70 valence electrons. The van der Waals surface area contributed by atoms with Crippen molar-refractivity contribution < 1.29 is 4.74 Å². The van der Waals surface area contributed by atoms with E-state index in [4.69, 9.17) is 4.74 Å². The molecule has 0 saturated heterocycles. The highest BCUT2D eigenvalue weighted by atomic mass is 28.1. The van der Waals surface area contributed by atoms with Gasteiger partial charge in [0.05, 0.1) is 13.2 Å². The molecule has 13 heavy (non-hydrogen) atoms. The average molecular weight is 192 g/mol. The Labute approximate surface area is 82.9 Å². The first kappa shape index (κ1) is 10.2. The van der Waals surface area contributed by atoms with Gasteiger partial charge in [0.15, 0.2) is 0 Å². The zero-order chi connectivity index (χ0) is 9.52. The minimum atomic E-state index is 0.744. The van der Waals surface area contributed by atoms with Crippen LogP contribution in [-0.2, 0) is 11.3 Å². The van der Waals surface area contributed by atoms with Crippen molar-refractivity contribution in [3.05, 3.63) is 42.5 Å². The summed E-state index contributed by atoms with van der Waals surface area (Å²) in [5, 5.41) is 1.43. The van der Waals surface area contributed by atoms with Gasteiger partial charge in [-0.05, 0) is 12.0 Å². The van der Waals surface area contributed by atoms with Crippen molar-refractivity contribution in [3.63, 3.8) is 0 Å². The van der Waals surface area contributed by atoms with E-state index in [0.29, 0.717) is 0 Å². The Hall–Kier alpha value is -0.863. The molecular formula is C11H16OSi. The van der Waals surface area contributed by atoms with Gasteiger partial charge in [0.1, 0.15) is 0 Å². The number of ether oxygens (including phenoxy) is 1. The van der Waals surface area contributed by atoms with E-state index in [1.165, 1.54) is 10.8 Å². The summed E-state index contributed by atoms with van der Waals surface area (Å²) in [7, 11) is 1.09. The first-order valence-electron chi connectivity index (χ1n) is 4.57. The molecule has 1 nitrogen and oxygen atoms in total. The third-order valence-electron chi connectivity index (χ3n) is 1.99. The molecular weight excluding hydrogens is 176 g/mol. The first-order chi connectivity index (χ1) is 6.34. The maximum Gasteiger partial charge on any atom is 0.0715 e. The van der Waals surface area contributed by atoms with Crippen LogP contribution in [0.2, 0.25) is 0 Å². The molecule has 0 aliphatic heterocycles. The first-order valence-corrected chi connectivity index (χ1v) is 5.57. The normalized spacial score (nSPS) is 10.2.